The Morgan fingerprint density at radius 1 is 1.55 bits per heavy atom. The van der Waals surface area contributed by atoms with Crippen LogP contribution in [0, 0.1) is 5.41 Å². The Morgan fingerprint density at radius 2 is 2.00 bits per heavy atom. The first-order chi connectivity index (χ1) is 4.86. The second kappa shape index (κ2) is 3.52. The second-order valence-corrected chi connectivity index (χ2v) is 3.41. The van der Waals surface area contributed by atoms with Crippen molar-refractivity contribution in [2.75, 3.05) is 6.54 Å². The third-order valence-corrected chi connectivity index (χ3v) is 1.52. The summed E-state index contributed by atoms with van der Waals surface area (Å²) in [5.41, 5.74) is 9.65. The average Bonchev–Trinajstić information content (AvgIpc) is 1.84. The molecule has 0 radical (unpaired) electrons. The highest BCUT2D eigenvalue weighted by molar-refractivity contribution is 7.80. The second-order valence-electron chi connectivity index (χ2n) is 2.97. The van der Waals surface area contributed by atoms with Crippen LogP contribution < -0.4 is 16.8 Å². The fourth-order valence-corrected chi connectivity index (χ4v) is 0.467. The molecule has 0 aliphatic rings. The molecule has 11 heavy (non-hydrogen) atoms. The lowest BCUT2D eigenvalue weighted by atomic mass is 9.93. The summed E-state index contributed by atoms with van der Waals surface area (Å²) in [7, 11) is 0. The maximum Gasteiger partial charge on any atom is 0.224 e. The van der Waals surface area contributed by atoms with E-state index in [2.05, 4.69) is 17.5 Å². The summed E-state index contributed by atoms with van der Waals surface area (Å²) < 4.78 is 0. The first-order valence-corrected chi connectivity index (χ1v) is 3.60. The van der Waals surface area contributed by atoms with Crippen molar-refractivity contribution in [2.45, 2.75) is 13.8 Å². The predicted molar refractivity (Wildman–Crippen MR) is 47.8 cm³/mol. The van der Waals surface area contributed by atoms with Crippen molar-refractivity contribution < 1.29 is 4.79 Å². The molecule has 0 aromatic carbocycles. The van der Waals surface area contributed by atoms with Gasteiger partial charge in [0.25, 0.3) is 0 Å². The van der Waals surface area contributed by atoms with Gasteiger partial charge in [0, 0.05) is 6.54 Å². The maximum atomic E-state index is 10.7. The molecule has 0 fully saturated rings. The Labute approximate surface area is 71.3 Å². The van der Waals surface area contributed by atoms with Crippen molar-refractivity contribution in [3.05, 3.63) is 0 Å². The van der Waals surface area contributed by atoms with Crippen LogP contribution in [-0.4, -0.2) is 17.6 Å². The van der Waals surface area contributed by atoms with Crippen LogP contribution in [0.25, 0.3) is 0 Å². The zero-order chi connectivity index (χ0) is 9.07. The van der Waals surface area contributed by atoms with Gasteiger partial charge in [0.15, 0.2) is 5.11 Å². The summed E-state index contributed by atoms with van der Waals surface area (Å²) in [6, 6.07) is 0. The zero-order valence-electron chi connectivity index (χ0n) is 6.68. The molecule has 1 amide bonds. The molecule has 0 atom stereocenters. The smallest absolute Gasteiger partial charge is 0.224 e. The number of nitrogens with two attached hydrogens (primary N) is 2. The summed E-state index contributed by atoms with van der Waals surface area (Å²) in [5, 5.41) is 2.86. The molecule has 0 aliphatic carbocycles. The normalized spacial score (nSPS) is 10.7. The van der Waals surface area contributed by atoms with Crippen LogP contribution >= 0.6 is 12.2 Å². The molecule has 0 spiro atoms. The van der Waals surface area contributed by atoms with E-state index in [9.17, 15) is 4.79 Å². The zero-order valence-corrected chi connectivity index (χ0v) is 7.49. The number of thiocarbonyl (C=S) groups is 1. The fourth-order valence-electron chi connectivity index (χ4n) is 0.395. The molecule has 0 aromatic heterocycles. The molecule has 0 unspecified atom stereocenters. The molecule has 5 heteroatoms. The number of primary amides is 1. The van der Waals surface area contributed by atoms with E-state index < -0.39 is 5.41 Å². The molecule has 0 saturated heterocycles. The Hall–Kier alpha value is -0.840. The van der Waals surface area contributed by atoms with E-state index in [0.29, 0.717) is 6.54 Å². The van der Waals surface area contributed by atoms with Gasteiger partial charge in [-0.05, 0) is 26.1 Å². The highest BCUT2D eigenvalue weighted by Gasteiger charge is 2.24. The van der Waals surface area contributed by atoms with Crippen LogP contribution in [0.2, 0.25) is 0 Å². The number of hydrogen-bond acceptors (Lipinski definition) is 2. The van der Waals surface area contributed by atoms with E-state index in [-0.39, 0.29) is 11.0 Å². The van der Waals surface area contributed by atoms with Gasteiger partial charge in [-0.25, -0.2) is 0 Å². The summed E-state index contributed by atoms with van der Waals surface area (Å²) in [6.45, 7) is 3.82. The van der Waals surface area contributed by atoms with E-state index in [1.54, 1.807) is 13.8 Å². The summed E-state index contributed by atoms with van der Waals surface area (Å²) in [4.78, 5) is 10.7. The van der Waals surface area contributed by atoms with Crippen molar-refractivity contribution in [3.63, 3.8) is 0 Å². The molecular formula is C6H13N3OS. The van der Waals surface area contributed by atoms with Gasteiger partial charge in [-0.1, -0.05) is 0 Å². The number of carbonyl (C=O) groups is 1. The number of nitrogens with one attached hydrogen (secondary N) is 1. The lowest BCUT2D eigenvalue weighted by Gasteiger charge is -2.20. The number of carbonyl (C=O) groups excluding carboxylic acids is 1. The van der Waals surface area contributed by atoms with Crippen LogP contribution in [0.4, 0.5) is 0 Å². The maximum absolute atomic E-state index is 10.7. The Balaban J connectivity index is 3.92. The van der Waals surface area contributed by atoms with Gasteiger partial charge in [-0.15, -0.1) is 0 Å². The molecule has 0 aromatic rings. The molecule has 0 rings (SSSR count). The van der Waals surface area contributed by atoms with Gasteiger partial charge in [0.1, 0.15) is 0 Å². The molecular weight excluding hydrogens is 162 g/mol. The summed E-state index contributed by atoms with van der Waals surface area (Å²) in [6.07, 6.45) is 0. The topological polar surface area (TPSA) is 81.1 Å². The highest BCUT2D eigenvalue weighted by Crippen LogP contribution is 2.11. The molecule has 64 valence electrons. The van der Waals surface area contributed by atoms with Crippen LogP contribution in [0.15, 0.2) is 0 Å². The first-order valence-electron chi connectivity index (χ1n) is 3.19. The van der Waals surface area contributed by atoms with Gasteiger partial charge < -0.3 is 16.8 Å². The molecule has 0 saturated carbocycles. The number of hydrogen-bond donors (Lipinski definition) is 3. The van der Waals surface area contributed by atoms with Crippen molar-refractivity contribution in [2.24, 2.45) is 16.9 Å². The quantitative estimate of drug-likeness (QED) is 0.497. The van der Waals surface area contributed by atoms with E-state index in [0.717, 1.165) is 0 Å². The van der Waals surface area contributed by atoms with Crippen LogP contribution in [-0.2, 0) is 4.79 Å². The van der Waals surface area contributed by atoms with Crippen LogP contribution in [0.5, 0.6) is 0 Å². The third kappa shape index (κ3) is 3.77. The minimum absolute atomic E-state index is 0.180. The first kappa shape index (κ1) is 10.2. The molecule has 5 N–H and O–H groups in total. The van der Waals surface area contributed by atoms with Crippen molar-refractivity contribution >= 4 is 23.2 Å². The van der Waals surface area contributed by atoms with Gasteiger partial charge in [-0.2, -0.15) is 0 Å². The Bertz CT molecular complexity index is 179. The lowest BCUT2D eigenvalue weighted by Crippen LogP contribution is -2.43. The van der Waals surface area contributed by atoms with Crippen molar-refractivity contribution in [1.82, 2.24) is 5.32 Å². The number of rotatable bonds is 3. The standard InChI is InChI=1S/C6H13N3OS/c1-6(2,4(7)10)3-9-5(8)11/h3H2,1-2H3,(H2,7,10)(H3,8,9,11). The largest absolute Gasteiger partial charge is 0.376 e. The van der Waals surface area contributed by atoms with E-state index in [1.165, 1.54) is 0 Å². The minimum Gasteiger partial charge on any atom is -0.376 e. The highest BCUT2D eigenvalue weighted by atomic mass is 32.1. The van der Waals surface area contributed by atoms with Crippen LogP contribution in [0.3, 0.4) is 0 Å². The Morgan fingerprint density at radius 3 is 2.27 bits per heavy atom. The molecule has 0 heterocycles. The monoisotopic (exact) mass is 175 g/mol. The average molecular weight is 175 g/mol. The Kier molecular flexibility index (Phi) is 3.25. The predicted octanol–water partition coefficient (Wildman–Crippen LogP) is -0.669. The fraction of sp³-hybridized carbons (Fsp3) is 0.667. The van der Waals surface area contributed by atoms with Crippen molar-refractivity contribution in [3.8, 4) is 0 Å². The number of amides is 1. The van der Waals surface area contributed by atoms with Gasteiger partial charge in [-0.3, -0.25) is 4.79 Å². The van der Waals surface area contributed by atoms with Crippen molar-refractivity contribution in [1.29, 1.82) is 0 Å². The SMILES string of the molecule is CC(C)(CNC(N)=S)C(N)=O. The van der Waals surface area contributed by atoms with Gasteiger partial charge in [0.05, 0.1) is 5.41 Å². The van der Waals surface area contributed by atoms with Crippen LogP contribution in [0.1, 0.15) is 13.8 Å². The van der Waals surface area contributed by atoms with Gasteiger partial charge in [0.2, 0.25) is 5.91 Å². The molecule has 0 bridgehead atoms. The van der Waals surface area contributed by atoms with E-state index >= 15 is 0 Å². The van der Waals surface area contributed by atoms with Gasteiger partial charge >= 0.3 is 0 Å². The molecule has 4 nitrogen and oxygen atoms in total. The summed E-state index contributed by atoms with van der Waals surface area (Å²) >= 11 is 4.56. The minimum atomic E-state index is -0.608. The molecule has 0 aliphatic heterocycles. The third-order valence-electron chi connectivity index (χ3n) is 1.37. The van der Waals surface area contributed by atoms with E-state index in [4.69, 9.17) is 11.5 Å². The lowest BCUT2D eigenvalue weighted by molar-refractivity contribution is -0.125. The summed E-state index contributed by atoms with van der Waals surface area (Å²) in [5.74, 6) is -0.374. The van der Waals surface area contributed by atoms with E-state index in [1.807, 2.05) is 0 Å².